The van der Waals surface area contributed by atoms with Crippen LogP contribution in [0.1, 0.15) is 59.6 Å². The van der Waals surface area contributed by atoms with Crippen LogP contribution in [0.3, 0.4) is 0 Å². The lowest BCUT2D eigenvalue weighted by atomic mass is 9.93. The molecule has 2 saturated heterocycles. The molecule has 4 heterocycles. The van der Waals surface area contributed by atoms with E-state index in [2.05, 4.69) is 15.2 Å². The Balaban J connectivity index is 1.00. The summed E-state index contributed by atoms with van der Waals surface area (Å²) in [7, 11) is 0. The van der Waals surface area contributed by atoms with Gasteiger partial charge in [0.25, 0.3) is 5.91 Å². The van der Waals surface area contributed by atoms with Gasteiger partial charge in [-0.05, 0) is 61.6 Å². The van der Waals surface area contributed by atoms with E-state index in [4.69, 9.17) is 9.72 Å². The minimum Gasteiger partial charge on any atom is -0.489 e. The number of benzene rings is 2. The Bertz CT molecular complexity index is 1450. The minimum absolute atomic E-state index is 0.0972. The zero-order chi connectivity index (χ0) is 25.8. The van der Waals surface area contributed by atoms with Crippen LogP contribution in [0.4, 0.5) is 0 Å². The molecule has 7 rings (SSSR count). The van der Waals surface area contributed by atoms with Crippen molar-refractivity contribution >= 4 is 28.8 Å². The Morgan fingerprint density at radius 3 is 2.66 bits per heavy atom. The zero-order valence-corrected chi connectivity index (χ0v) is 21.0. The third kappa shape index (κ3) is 4.01. The Morgan fingerprint density at radius 1 is 0.974 bits per heavy atom. The summed E-state index contributed by atoms with van der Waals surface area (Å²) in [5.41, 5.74) is 4.39. The summed E-state index contributed by atoms with van der Waals surface area (Å²) in [6, 6.07) is 13.3. The van der Waals surface area contributed by atoms with Gasteiger partial charge in [-0.15, -0.1) is 0 Å². The molecule has 0 bridgehead atoms. The molecule has 0 radical (unpaired) electrons. The Kier molecular flexibility index (Phi) is 5.61. The van der Waals surface area contributed by atoms with Crippen LogP contribution in [0.15, 0.2) is 48.7 Å². The molecule has 3 amide bonds. The average molecular weight is 512 g/mol. The first-order valence-electron chi connectivity index (χ1n) is 13.4. The molecule has 9 nitrogen and oxygen atoms in total. The maximum atomic E-state index is 13.0. The fraction of sp³-hybridized carbons (Fsp3) is 0.414. The molecule has 1 saturated carbocycles. The molecule has 1 unspecified atom stereocenters. The number of hydrogen-bond donors (Lipinski definition) is 1. The third-order valence-corrected chi connectivity index (χ3v) is 8.46. The van der Waals surface area contributed by atoms with Crippen LogP contribution in [-0.4, -0.2) is 68.8 Å². The van der Waals surface area contributed by atoms with Crippen LogP contribution in [0.25, 0.3) is 11.0 Å². The van der Waals surface area contributed by atoms with Crippen molar-refractivity contribution in [1.29, 1.82) is 0 Å². The fourth-order valence-corrected chi connectivity index (χ4v) is 6.40. The summed E-state index contributed by atoms with van der Waals surface area (Å²) < 4.78 is 6.50. The molecule has 3 atom stereocenters. The van der Waals surface area contributed by atoms with Crippen molar-refractivity contribution in [3.8, 4) is 5.75 Å². The lowest BCUT2D eigenvalue weighted by Crippen LogP contribution is -2.54. The Labute approximate surface area is 220 Å². The standard InChI is InChI=1S/C29H29N5O4/c35-27-11-10-25(28(36)32-27)34-16-17-12-19(8-9-20(17)29(34)37)38-26-7-3-6-24(26)33-14-18(15-33)23-13-30-21-4-1-2-5-22(21)31-23/h1-2,4-5,8-9,12-13,18,24-26H,3,6-7,10-11,14-16H2,(H,32,35,36)/t24-,25?,26+/m1/s1. The number of nitrogens with one attached hydrogen (secondary N) is 1. The molecule has 9 heteroatoms. The number of carbonyl (C=O) groups excluding carboxylic acids is 3. The monoisotopic (exact) mass is 511 g/mol. The lowest BCUT2D eigenvalue weighted by Gasteiger charge is -2.44. The van der Waals surface area contributed by atoms with Crippen molar-refractivity contribution in [3.05, 3.63) is 65.5 Å². The number of fused-ring (bicyclic) bond motifs is 2. The van der Waals surface area contributed by atoms with E-state index in [9.17, 15) is 14.4 Å². The first-order chi connectivity index (χ1) is 18.5. The van der Waals surface area contributed by atoms with Crippen molar-refractivity contribution in [3.63, 3.8) is 0 Å². The van der Waals surface area contributed by atoms with Crippen LogP contribution >= 0.6 is 0 Å². The normalized spacial score (nSPS) is 25.9. The van der Waals surface area contributed by atoms with Gasteiger partial charge in [0.1, 0.15) is 17.9 Å². The van der Waals surface area contributed by atoms with Crippen molar-refractivity contribution in [2.75, 3.05) is 13.1 Å². The summed E-state index contributed by atoms with van der Waals surface area (Å²) in [5, 5.41) is 2.35. The van der Waals surface area contributed by atoms with Gasteiger partial charge in [0.05, 0.1) is 16.7 Å². The lowest BCUT2D eigenvalue weighted by molar-refractivity contribution is -0.136. The number of imide groups is 1. The van der Waals surface area contributed by atoms with E-state index in [1.807, 2.05) is 42.6 Å². The second kappa shape index (κ2) is 9.16. The summed E-state index contributed by atoms with van der Waals surface area (Å²) in [4.78, 5) is 50.3. The van der Waals surface area contributed by atoms with Gasteiger partial charge in [0, 0.05) is 49.8 Å². The number of amides is 3. The average Bonchev–Trinajstić information content (AvgIpc) is 3.47. The molecular weight excluding hydrogens is 482 g/mol. The number of para-hydroxylation sites is 2. The van der Waals surface area contributed by atoms with Crippen LogP contribution in [-0.2, 0) is 16.1 Å². The van der Waals surface area contributed by atoms with Gasteiger partial charge in [-0.1, -0.05) is 12.1 Å². The molecule has 194 valence electrons. The highest BCUT2D eigenvalue weighted by Gasteiger charge is 2.42. The second-order valence-electron chi connectivity index (χ2n) is 10.8. The van der Waals surface area contributed by atoms with Crippen LogP contribution in [0, 0.1) is 0 Å². The van der Waals surface area contributed by atoms with E-state index in [1.54, 1.807) is 11.0 Å². The highest BCUT2D eigenvalue weighted by atomic mass is 16.5. The van der Waals surface area contributed by atoms with Gasteiger partial charge in [-0.3, -0.25) is 29.6 Å². The van der Waals surface area contributed by atoms with Crippen LogP contribution in [0.2, 0.25) is 0 Å². The smallest absolute Gasteiger partial charge is 0.255 e. The number of carbonyl (C=O) groups is 3. The molecule has 0 spiro atoms. The minimum atomic E-state index is -0.608. The maximum absolute atomic E-state index is 13.0. The van der Waals surface area contributed by atoms with Gasteiger partial charge in [-0.25, -0.2) is 4.98 Å². The van der Waals surface area contributed by atoms with Gasteiger partial charge >= 0.3 is 0 Å². The number of hydrogen-bond acceptors (Lipinski definition) is 7. The highest BCUT2D eigenvalue weighted by molar-refractivity contribution is 6.05. The van der Waals surface area contributed by atoms with Crippen molar-refractivity contribution in [2.24, 2.45) is 0 Å². The number of rotatable bonds is 5. The highest BCUT2D eigenvalue weighted by Crippen LogP contribution is 2.37. The number of ether oxygens (including phenoxy) is 1. The van der Waals surface area contributed by atoms with E-state index in [-0.39, 0.29) is 24.3 Å². The topological polar surface area (TPSA) is 105 Å². The molecule has 3 aromatic rings. The Hall–Kier alpha value is -3.85. The predicted molar refractivity (Wildman–Crippen MR) is 138 cm³/mol. The SMILES string of the molecule is O=C1CCC(N2Cc3cc(O[C@H]4CCC[C@H]4N4CC(c5cnc6ccccc6n5)C4)ccc3C2=O)C(=O)N1. The van der Waals surface area contributed by atoms with Crippen LogP contribution in [0.5, 0.6) is 5.75 Å². The van der Waals surface area contributed by atoms with Gasteiger partial charge in [0.2, 0.25) is 11.8 Å². The van der Waals surface area contributed by atoms with Gasteiger partial charge in [0.15, 0.2) is 0 Å². The summed E-state index contributed by atoms with van der Waals surface area (Å²) in [6.07, 6.45) is 5.85. The molecule has 1 aliphatic carbocycles. The summed E-state index contributed by atoms with van der Waals surface area (Å²) >= 11 is 0. The van der Waals surface area contributed by atoms with E-state index in [1.165, 1.54) is 0 Å². The predicted octanol–water partition coefficient (Wildman–Crippen LogP) is 2.79. The van der Waals surface area contributed by atoms with Gasteiger partial charge in [-0.2, -0.15) is 0 Å². The van der Waals surface area contributed by atoms with E-state index in [0.717, 1.165) is 60.4 Å². The molecule has 2 aromatic carbocycles. The first-order valence-corrected chi connectivity index (χ1v) is 13.4. The number of aromatic nitrogens is 2. The largest absolute Gasteiger partial charge is 0.489 e. The Morgan fingerprint density at radius 2 is 1.82 bits per heavy atom. The summed E-state index contributed by atoms with van der Waals surface area (Å²) in [5.74, 6) is 0.308. The molecule has 3 aliphatic heterocycles. The van der Waals surface area contributed by atoms with Crippen molar-refractivity contribution in [1.82, 2.24) is 25.1 Å². The number of nitrogens with zero attached hydrogens (tertiary/aromatic N) is 4. The fourth-order valence-electron chi connectivity index (χ4n) is 6.40. The first kappa shape index (κ1) is 23.3. The van der Waals surface area contributed by atoms with E-state index < -0.39 is 11.9 Å². The third-order valence-electron chi connectivity index (χ3n) is 8.46. The molecule has 1 aromatic heterocycles. The van der Waals surface area contributed by atoms with E-state index in [0.29, 0.717) is 30.5 Å². The molecule has 3 fully saturated rings. The molecular formula is C29H29N5O4. The number of piperidine rings is 1. The van der Waals surface area contributed by atoms with Crippen LogP contribution < -0.4 is 10.1 Å². The molecule has 38 heavy (non-hydrogen) atoms. The quantitative estimate of drug-likeness (QED) is 0.525. The second-order valence-corrected chi connectivity index (χ2v) is 10.8. The van der Waals surface area contributed by atoms with E-state index >= 15 is 0 Å². The van der Waals surface area contributed by atoms with Crippen molar-refractivity contribution in [2.45, 2.75) is 62.8 Å². The molecule has 4 aliphatic rings. The maximum Gasteiger partial charge on any atom is 0.255 e. The van der Waals surface area contributed by atoms with Gasteiger partial charge < -0.3 is 9.64 Å². The summed E-state index contributed by atoms with van der Waals surface area (Å²) in [6.45, 7) is 2.26. The van der Waals surface area contributed by atoms with Crippen molar-refractivity contribution < 1.29 is 19.1 Å². The molecule has 1 N–H and O–H groups in total. The zero-order valence-electron chi connectivity index (χ0n) is 21.0. The number of likely N-dealkylation sites (tertiary alicyclic amines) is 1.